The Morgan fingerprint density at radius 3 is 2.60 bits per heavy atom. The zero-order valence-corrected chi connectivity index (χ0v) is 16.9. The Hall–Kier alpha value is -3.68. The maximum absolute atomic E-state index is 12.9. The van der Waals surface area contributed by atoms with E-state index in [1.807, 2.05) is 18.2 Å². The van der Waals surface area contributed by atoms with Crippen molar-refractivity contribution in [3.63, 3.8) is 0 Å². The fourth-order valence-electron chi connectivity index (χ4n) is 3.26. The second-order valence-corrected chi connectivity index (χ2v) is 6.85. The molecule has 0 spiro atoms. The zero-order valence-electron chi connectivity index (χ0n) is 16.9. The molecule has 3 aromatic heterocycles. The van der Waals surface area contributed by atoms with E-state index in [0.717, 1.165) is 17.0 Å². The van der Waals surface area contributed by atoms with E-state index in [2.05, 4.69) is 15.0 Å². The lowest BCUT2D eigenvalue weighted by Gasteiger charge is -2.28. The quantitative estimate of drug-likeness (QED) is 0.622. The summed E-state index contributed by atoms with van der Waals surface area (Å²) in [6, 6.07) is 7.33. The fraction of sp³-hybridized carbons (Fsp3) is 0.273. The first-order valence-corrected chi connectivity index (χ1v) is 9.54. The van der Waals surface area contributed by atoms with Gasteiger partial charge in [0.2, 0.25) is 0 Å². The van der Waals surface area contributed by atoms with Crippen LogP contribution in [0.15, 0.2) is 49.1 Å². The molecule has 0 unspecified atom stereocenters. The number of carbonyl (C=O) groups excluding carboxylic acids is 1. The van der Waals surface area contributed by atoms with Crippen LogP contribution in [-0.4, -0.2) is 46.5 Å². The molecule has 154 valence electrons. The summed E-state index contributed by atoms with van der Waals surface area (Å²) in [5.41, 5.74) is 3.25. The maximum atomic E-state index is 12.9. The summed E-state index contributed by atoms with van der Waals surface area (Å²) < 4.78 is 16.1. The summed E-state index contributed by atoms with van der Waals surface area (Å²) in [6.07, 6.45) is 7.19. The van der Waals surface area contributed by atoms with Crippen LogP contribution < -0.4 is 14.2 Å². The minimum absolute atomic E-state index is 0.0826. The van der Waals surface area contributed by atoms with Crippen molar-refractivity contribution in [3.05, 3.63) is 71.6 Å². The summed E-state index contributed by atoms with van der Waals surface area (Å²) >= 11 is 0. The van der Waals surface area contributed by atoms with E-state index in [1.54, 1.807) is 50.0 Å². The van der Waals surface area contributed by atoms with Gasteiger partial charge in [-0.1, -0.05) is 0 Å². The van der Waals surface area contributed by atoms with Crippen molar-refractivity contribution in [3.8, 4) is 17.2 Å². The van der Waals surface area contributed by atoms with Crippen molar-refractivity contribution in [2.75, 3.05) is 20.8 Å². The molecule has 30 heavy (non-hydrogen) atoms. The van der Waals surface area contributed by atoms with Gasteiger partial charge in [0.05, 0.1) is 44.1 Å². The molecule has 3 aromatic rings. The predicted octanol–water partition coefficient (Wildman–Crippen LogP) is 2.67. The number of methoxy groups -OCH3 is 2. The summed E-state index contributed by atoms with van der Waals surface area (Å²) in [5, 5.41) is 0. The van der Waals surface area contributed by atoms with Crippen LogP contribution in [0.1, 0.15) is 27.3 Å². The van der Waals surface area contributed by atoms with Gasteiger partial charge in [0, 0.05) is 31.4 Å². The summed E-state index contributed by atoms with van der Waals surface area (Å²) in [5.74, 6) is 1.82. The molecular weight excluding hydrogens is 384 g/mol. The van der Waals surface area contributed by atoms with Crippen LogP contribution in [0.25, 0.3) is 0 Å². The minimum Gasteiger partial charge on any atom is -0.495 e. The monoisotopic (exact) mass is 406 g/mol. The second kappa shape index (κ2) is 8.77. The molecule has 1 aliphatic heterocycles. The van der Waals surface area contributed by atoms with Crippen LogP contribution in [0.2, 0.25) is 0 Å². The van der Waals surface area contributed by atoms with Crippen molar-refractivity contribution in [1.82, 2.24) is 19.9 Å². The molecule has 0 aromatic carbocycles. The molecule has 4 heterocycles. The molecular formula is C22H22N4O4. The molecule has 0 saturated heterocycles. The van der Waals surface area contributed by atoms with Crippen LogP contribution in [0.5, 0.6) is 17.2 Å². The van der Waals surface area contributed by atoms with Crippen LogP contribution in [-0.2, 0) is 19.6 Å². The number of nitrogens with zero attached hydrogens (tertiary/aromatic N) is 4. The fourth-order valence-corrected chi connectivity index (χ4v) is 3.26. The number of fused-ring (bicyclic) bond motifs is 1. The van der Waals surface area contributed by atoms with E-state index in [0.29, 0.717) is 48.9 Å². The Morgan fingerprint density at radius 1 is 1.00 bits per heavy atom. The van der Waals surface area contributed by atoms with Crippen molar-refractivity contribution < 1.29 is 19.0 Å². The molecule has 0 atom stereocenters. The van der Waals surface area contributed by atoms with Gasteiger partial charge in [-0.15, -0.1) is 0 Å². The predicted molar refractivity (Wildman–Crippen MR) is 109 cm³/mol. The SMILES string of the molecule is COc1ccc(COc2cnc3c(c2)CN(C(=O)c2cncc(OC)c2)CC3)nc1. The van der Waals surface area contributed by atoms with Gasteiger partial charge < -0.3 is 19.1 Å². The smallest absolute Gasteiger partial charge is 0.255 e. The van der Waals surface area contributed by atoms with Crippen molar-refractivity contribution in [2.45, 2.75) is 19.6 Å². The molecule has 1 aliphatic rings. The van der Waals surface area contributed by atoms with Gasteiger partial charge in [0.15, 0.2) is 0 Å². The Bertz CT molecular complexity index is 1040. The van der Waals surface area contributed by atoms with Gasteiger partial charge in [-0.2, -0.15) is 0 Å². The number of carbonyl (C=O) groups is 1. The van der Waals surface area contributed by atoms with Crippen LogP contribution in [0.3, 0.4) is 0 Å². The van der Waals surface area contributed by atoms with E-state index in [-0.39, 0.29) is 5.91 Å². The lowest BCUT2D eigenvalue weighted by atomic mass is 10.0. The second-order valence-electron chi connectivity index (χ2n) is 6.85. The lowest BCUT2D eigenvalue weighted by Crippen LogP contribution is -2.36. The third kappa shape index (κ3) is 4.32. The highest BCUT2D eigenvalue weighted by atomic mass is 16.5. The minimum atomic E-state index is -0.0826. The van der Waals surface area contributed by atoms with E-state index in [4.69, 9.17) is 14.2 Å². The highest BCUT2D eigenvalue weighted by Crippen LogP contribution is 2.24. The number of aromatic nitrogens is 3. The molecule has 0 bridgehead atoms. The van der Waals surface area contributed by atoms with E-state index < -0.39 is 0 Å². The molecule has 0 N–H and O–H groups in total. The van der Waals surface area contributed by atoms with Crippen molar-refractivity contribution >= 4 is 5.91 Å². The number of hydrogen-bond donors (Lipinski definition) is 0. The topological polar surface area (TPSA) is 86.7 Å². The van der Waals surface area contributed by atoms with Gasteiger partial charge in [-0.25, -0.2) is 0 Å². The number of rotatable bonds is 6. The largest absolute Gasteiger partial charge is 0.495 e. The molecule has 8 heteroatoms. The van der Waals surface area contributed by atoms with Crippen LogP contribution >= 0.6 is 0 Å². The Balaban J connectivity index is 1.44. The number of pyridine rings is 3. The van der Waals surface area contributed by atoms with E-state index in [1.165, 1.54) is 0 Å². The normalized spacial score (nSPS) is 12.8. The number of amides is 1. The molecule has 1 amide bonds. The van der Waals surface area contributed by atoms with Crippen molar-refractivity contribution in [1.29, 1.82) is 0 Å². The molecule has 8 nitrogen and oxygen atoms in total. The Morgan fingerprint density at radius 2 is 1.83 bits per heavy atom. The maximum Gasteiger partial charge on any atom is 0.255 e. The first-order valence-electron chi connectivity index (χ1n) is 9.54. The number of ether oxygens (including phenoxy) is 3. The summed E-state index contributed by atoms with van der Waals surface area (Å²) in [4.78, 5) is 27.6. The third-order valence-corrected chi connectivity index (χ3v) is 4.92. The highest BCUT2D eigenvalue weighted by Gasteiger charge is 2.23. The van der Waals surface area contributed by atoms with E-state index >= 15 is 0 Å². The molecule has 0 aliphatic carbocycles. The van der Waals surface area contributed by atoms with Crippen LogP contribution in [0.4, 0.5) is 0 Å². The van der Waals surface area contributed by atoms with Gasteiger partial charge >= 0.3 is 0 Å². The molecule has 4 rings (SSSR count). The standard InChI is InChI=1S/C22H22N4O4/c1-28-18-4-3-17(24-11-18)14-30-20-8-16-13-26(6-5-21(16)25-12-20)22(27)15-7-19(29-2)10-23-9-15/h3-4,7-12H,5-6,13-14H2,1-2H3. The van der Waals surface area contributed by atoms with Gasteiger partial charge in [-0.05, 0) is 29.8 Å². The van der Waals surface area contributed by atoms with Gasteiger partial charge in [0.25, 0.3) is 5.91 Å². The summed E-state index contributed by atoms with van der Waals surface area (Å²) in [6.45, 7) is 1.39. The first-order chi connectivity index (χ1) is 14.7. The van der Waals surface area contributed by atoms with Gasteiger partial charge in [0.1, 0.15) is 23.9 Å². The van der Waals surface area contributed by atoms with E-state index in [9.17, 15) is 4.79 Å². The van der Waals surface area contributed by atoms with Crippen molar-refractivity contribution in [2.24, 2.45) is 0 Å². The average Bonchev–Trinajstić information content (AvgIpc) is 2.82. The lowest BCUT2D eigenvalue weighted by molar-refractivity contribution is 0.0732. The highest BCUT2D eigenvalue weighted by molar-refractivity contribution is 5.94. The van der Waals surface area contributed by atoms with Gasteiger partial charge in [-0.3, -0.25) is 19.7 Å². The molecule has 0 saturated carbocycles. The molecule has 0 fully saturated rings. The average molecular weight is 406 g/mol. The molecule has 0 radical (unpaired) electrons. The van der Waals surface area contributed by atoms with Crippen LogP contribution in [0, 0.1) is 0 Å². The Kier molecular flexibility index (Phi) is 5.74. The Labute approximate surface area is 174 Å². The third-order valence-electron chi connectivity index (χ3n) is 4.92. The zero-order chi connectivity index (χ0) is 20.9. The summed E-state index contributed by atoms with van der Waals surface area (Å²) in [7, 11) is 3.15. The first kappa shape index (κ1) is 19.6. The number of hydrogen-bond acceptors (Lipinski definition) is 7.